The first-order valence-electron chi connectivity index (χ1n) is 22.2. The molecule has 3 aliphatic heterocycles. The molecular weight excluding hydrogens is 825 g/mol. The Kier molecular flexibility index (Phi) is 15.5. The number of rotatable bonds is 20. The zero-order chi connectivity index (χ0) is 44.0. The van der Waals surface area contributed by atoms with E-state index in [1.165, 1.54) is 0 Å². The van der Waals surface area contributed by atoms with E-state index in [9.17, 15) is 4.79 Å². The molecule has 10 atom stereocenters. The van der Waals surface area contributed by atoms with Gasteiger partial charge < -0.3 is 47.4 Å². The molecule has 3 fully saturated rings. The van der Waals surface area contributed by atoms with Crippen molar-refractivity contribution < 1.29 is 52.2 Å². The summed E-state index contributed by atoms with van der Waals surface area (Å²) in [7, 11) is 0. The monoisotopic (exact) mass is 878 g/mol. The Hall–Kier alpha value is -5.57. The van der Waals surface area contributed by atoms with E-state index in [0.29, 0.717) is 12.2 Å². The predicted molar refractivity (Wildman–Crippen MR) is 240 cm³/mol. The largest absolute Gasteiger partial charge is 0.450 e. The molecule has 0 spiro atoms. The summed E-state index contributed by atoms with van der Waals surface area (Å²) >= 11 is 0. The molecule has 3 saturated heterocycles. The Balaban J connectivity index is 1.07. The summed E-state index contributed by atoms with van der Waals surface area (Å²) in [5.41, 5.74) is 5.25. The molecule has 0 amide bonds. The van der Waals surface area contributed by atoms with E-state index >= 15 is 0 Å². The Morgan fingerprint density at radius 1 is 0.446 bits per heavy atom. The highest BCUT2D eigenvalue weighted by Gasteiger charge is 2.57. The van der Waals surface area contributed by atoms with Crippen LogP contribution in [0.1, 0.15) is 38.2 Å². The second-order valence-electron chi connectivity index (χ2n) is 16.3. The number of carbonyl (C=O) groups excluding carboxylic acids is 1. The molecule has 3 heterocycles. The lowest BCUT2D eigenvalue weighted by Crippen LogP contribution is -2.65. The summed E-state index contributed by atoms with van der Waals surface area (Å²) in [4.78, 5) is 13.7. The minimum absolute atomic E-state index is 0.145. The second-order valence-corrected chi connectivity index (χ2v) is 16.3. The van der Waals surface area contributed by atoms with E-state index in [4.69, 9.17) is 47.4 Å². The van der Waals surface area contributed by atoms with E-state index in [1.807, 2.05) is 158 Å². The maximum atomic E-state index is 13.7. The van der Waals surface area contributed by atoms with Crippen LogP contribution in [0, 0.1) is 0 Å². The van der Waals surface area contributed by atoms with Gasteiger partial charge in [0.2, 0.25) is 0 Å². The van der Waals surface area contributed by atoms with E-state index in [-0.39, 0.29) is 39.6 Å². The van der Waals surface area contributed by atoms with Crippen LogP contribution in [0.15, 0.2) is 182 Å². The van der Waals surface area contributed by atoms with Gasteiger partial charge in [0.25, 0.3) is 0 Å². The van der Waals surface area contributed by atoms with Crippen molar-refractivity contribution in [3.05, 3.63) is 215 Å². The summed E-state index contributed by atoms with van der Waals surface area (Å²) in [5, 5.41) is 0. The van der Waals surface area contributed by atoms with Gasteiger partial charge in [-0.25, -0.2) is 4.79 Å². The van der Waals surface area contributed by atoms with Crippen molar-refractivity contribution in [1.82, 2.24) is 0 Å². The fourth-order valence-corrected chi connectivity index (χ4v) is 8.36. The zero-order valence-electron chi connectivity index (χ0n) is 36.0. The Labute approximate surface area is 380 Å². The smallest absolute Gasteiger partial charge is 0.338 e. The lowest BCUT2D eigenvalue weighted by atomic mass is 9.96. The summed E-state index contributed by atoms with van der Waals surface area (Å²) in [5.74, 6) is -0.540. The number of hydrogen-bond donors (Lipinski definition) is 0. The highest BCUT2D eigenvalue weighted by molar-refractivity contribution is 5.89. The first-order chi connectivity index (χ1) is 32.1. The molecule has 0 radical (unpaired) electrons. The number of hydrogen-bond acceptors (Lipinski definition) is 11. The molecule has 0 N–H and O–H groups in total. The molecule has 65 heavy (non-hydrogen) atoms. The third-order valence-electron chi connectivity index (χ3n) is 11.7. The molecule has 6 aromatic carbocycles. The van der Waals surface area contributed by atoms with Crippen LogP contribution in [0.5, 0.6) is 0 Å². The molecule has 11 heteroatoms. The fraction of sp³-hybridized carbons (Fsp3) is 0.315. The molecule has 6 aromatic rings. The maximum absolute atomic E-state index is 13.7. The molecular formula is C54H54O11. The van der Waals surface area contributed by atoms with Crippen LogP contribution in [-0.2, 0) is 80.4 Å². The van der Waals surface area contributed by atoms with Crippen molar-refractivity contribution in [2.75, 3.05) is 13.2 Å². The van der Waals surface area contributed by atoms with Crippen LogP contribution in [0.2, 0.25) is 0 Å². The molecule has 2 bridgehead atoms. The average Bonchev–Trinajstić information content (AvgIpc) is 3.81. The minimum atomic E-state index is -1.08. The van der Waals surface area contributed by atoms with Crippen LogP contribution in [0.25, 0.3) is 0 Å². The summed E-state index contributed by atoms with van der Waals surface area (Å²) in [6.07, 6.45) is -8.25. The van der Waals surface area contributed by atoms with Gasteiger partial charge in [-0.15, -0.1) is 0 Å². The summed E-state index contributed by atoms with van der Waals surface area (Å²) in [6.45, 7) is 1.64. The van der Waals surface area contributed by atoms with Gasteiger partial charge in [-0.05, 0) is 39.9 Å². The normalized spacial score (nSPS) is 26.1. The Bertz CT molecular complexity index is 2310. The van der Waals surface area contributed by atoms with E-state index in [2.05, 4.69) is 0 Å². The van der Waals surface area contributed by atoms with Crippen LogP contribution >= 0.6 is 0 Å². The average molecular weight is 879 g/mol. The number of fused-ring (bicyclic) bond motifs is 2. The molecule has 9 rings (SSSR count). The first kappa shape index (κ1) is 44.6. The van der Waals surface area contributed by atoms with Gasteiger partial charge in [0.15, 0.2) is 18.7 Å². The molecule has 0 unspecified atom stereocenters. The number of carbonyl (C=O) groups is 1. The SMILES string of the molecule is O=C(O[C@@H]1[C@H]2OC[C@@H](O2)[C@@H](O[C@H]2O[C@H](COCc3ccccc3)[C@@H](OCc3ccccc3)[C@H](OCc3ccccc3)[C@@H]2OCc2ccccc2)[C@@H]1OCc1ccccc1)c1ccccc1. The minimum Gasteiger partial charge on any atom is -0.450 e. The van der Waals surface area contributed by atoms with Crippen LogP contribution < -0.4 is 0 Å². The third kappa shape index (κ3) is 11.8. The van der Waals surface area contributed by atoms with Gasteiger partial charge in [0.1, 0.15) is 42.7 Å². The predicted octanol–water partition coefficient (Wildman–Crippen LogP) is 8.64. The molecule has 3 aliphatic rings. The zero-order valence-corrected chi connectivity index (χ0v) is 36.0. The Morgan fingerprint density at radius 2 is 0.862 bits per heavy atom. The number of ether oxygens (including phenoxy) is 10. The van der Waals surface area contributed by atoms with Gasteiger partial charge in [-0.3, -0.25) is 0 Å². The van der Waals surface area contributed by atoms with Crippen molar-refractivity contribution in [2.24, 2.45) is 0 Å². The molecule has 0 aliphatic carbocycles. The van der Waals surface area contributed by atoms with Gasteiger partial charge in [-0.1, -0.05) is 170 Å². The maximum Gasteiger partial charge on any atom is 0.338 e. The number of benzene rings is 6. The van der Waals surface area contributed by atoms with Gasteiger partial charge in [-0.2, -0.15) is 0 Å². The van der Waals surface area contributed by atoms with Crippen molar-refractivity contribution in [1.29, 1.82) is 0 Å². The second kappa shape index (κ2) is 22.6. The van der Waals surface area contributed by atoms with Crippen molar-refractivity contribution in [3.8, 4) is 0 Å². The third-order valence-corrected chi connectivity index (χ3v) is 11.7. The Morgan fingerprint density at radius 3 is 1.35 bits per heavy atom. The van der Waals surface area contributed by atoms with Gasteiger partial charge in [0.05, 0.1) is 51.8 Å². The van der Waals surface area contributed by atoms with Gasteiger partial charge in [0, 0.05) is 0 Å². The van der Waals surface area contributed by atoms with E-state index < -0.39 is 67.4 Å². The first-order valence-corrected chi connectivity index (χ1v) is 22.2. The summed E-state index contributed by atoms with van der Waals surface area (Å²) < 4.78 is 67.1. The van der Waals surface area contributed by atoms with Crippen LogP contribution in [0.3, 0.4) is 0 Å². The van der Waals surface area contributed by atoms with Crippen LogP contribution in [-0.4, -0.2) is 80.6 Å². The molecule has 336 valence electrons. The highest BCUT2D eigenvalue weighted by atomic mass is 16.8. The fourth-order valence-electron chi connectivity index (χ4n) is 8.36. The van der Waals surface area contributed by atoms with Crippen LogP contribution in [0.4, 0.5) is 0 Å². The van der Waals surface area contributed by atoms with Crippen molar-refractivity contribution >= 4 is 5.97 Å². The van der Waals surface area contributed by atoms with Crippen molar-refractivity contribution in [2.45, 2.75) is 94.4 Å². The molecule has 11 nitrogen and oxygen atoms in total. The molecule has 0 saturated carbocycles. The lowest BCUT2D eigenvalue weighted by Gasteiger charge is -2.48. The summed E-state index contributed by atoms with van der Waals surface area (Å²) in [6, 6.07) is 58.5. The van der Waals surface area contributed by atoms with E-state index in [1.54, 1.807) is 24.3 Å². The number of esters is 1. The topological polar surface area (TPSA) is 109 Å². The standard InChI is InChI=1S/C54H54O11/c55-52(43-29-17-6-18-30-43)64-51-49(59-34-41-25-13-4-14-26-41)47(45-37-61-53(51)62-45)65-54-50(60-35-42-27-15-5-16-28-42)48(58-33-40-23-11-3-12-24-40)46(57-32-39-21-9-2-10-22-39)44(63-54)36-56-31-38-19-7-1-8-20-38/h1-30,44-51,53-54H,31-37H2/t44-,45-,46-,47-,48+,49+,50+,51+,53+,54-/m1/s1. The molecule has 0 aromatic heterocycles. The quantitative estimate of drug-likeness (QED) is 0.0688. The van der Waals surface area contributed by atoms with Crippen molar-refractivity contribution in [3.63, 3.8) is 0 Å². The van der Waals surface area contributed by atoms with Gasteiger partial charge >= 0.3 is 5.97 Å². The lowest BCUT2D eigenvalue weighted by molar-refractivity contribution is -0.357. The highest BCUT2D eigenvalue weighted by Crippen LogP contribution is 2.39. The van der Waals surface area contributed by atoms with E-state index in [0.717, 1.165) is 27.8 Å².